The first-order valence-electron chi connectivity index (χ1n) is 5.00. The van der Waals surface area contributed by atoms with E-state index in [4.69, 9.17) is 5.73 Å². The van der Waals surface area contributed by atoms with Gasteiger partial charge in [-0.15, -0.1) is 10.2 Å². The second-order valence-electron chi connectivity index (χ2n) is 3.60. The summed E-state index contributed by atoms with van der Waals surface area (Å²) < 4.78 is 27.4. The number of hydrogen-bond donors (Lipinski definition) is 2. The van der Waals surface area contributed by atoms with Gasteiger partial charge in [0, 0.05) is 7.05 Å². The summed E-state index contributed by atoms with van der Waals surface area (Å²) in [4.78, 5) is 0. The summed E-state index contributed by atoms with van der Waals surface area (Å²) in [5, 5.41) is 7.53. The minimum atomic E-state index is -3.30. The van der Waals surface area contributed by atoms with Crippen molar-refractivity contribution in [3.63, 3.8) is 0 Å². The predicted molar refractivity (Wildman–Crippen MR) is 60.0 cm³/mol. The SMILES string of the molecule is CC(NS(=O)(=O)CCCN)c1nncn1C. The largest absolute Gasteiger partial charge is 0.330 e. The fourth-order valence-electron chi connectivity index (χ4n) is 1.34. The summed E-state index contributed by atoms with van der Waals surface area (Å²) in [5.74, 6) is 0.613. The van der Waals surface area contributed by atoms with Crippen molar-refractivity contribution in [3.05, 3.63) is 12.2 Å². The highest BCUT2D eigenvalue weighted by Gasteiger charge is 2.18. The molecular formula is C8H17N5O2S. The minimum absolute atomic E-state index is 0.0334. The van der Waals surface area contributed by atoms with Crippen molar-refractivity contribution >= 4 is 10.0 Å². The van der Waals surface area contributed by atoms with Crippen LogP contribution in [0.25, 0.3) is 0 Å². The molecule has 1 atom stereocenters. The van der Waals surface area contributed by atoms with E-state index < -0.39 is 16.1 Å². The Hall–Kier alpha value is -0.990. The molecule has 0 saturated carbocycles. The summed E-state index contributed by atoms with van der Waals surface area (Å²) in [7, 11) is -1.53. The average Bonchev–Trinajstić information content (AvgIpc) is 2.61. The van der Waals surface area contributed by atoms with E-state index in [1.54, 1.807) is 18.5 Å². The van der Waals surface area contributed by atoms with E-state index in [2.05, 4.69) is 14.9 Å². The lowest BCUT2D eigenvalue weighted by Gasteiger charge is -2.12. The van der Waals surface area contributed by atoms with Crippen molar-refractivity contribution in [1.29, 1.82) is 0 Å². The lowest BCUT2D eigenvalue weighted by Crippen LogP contribution is -2.31. The molecule has 0 radical (unpaired) electrons. The molecule has 1 aromatic rings. The zero-order valence-corrected chi connectivity index (χ0v) is 10.2. The molecule has 8 heteroatoms. The summed E-state index contributed by atoms with van der Waals surface area (Å²) in [5.41, 5.74) is 5.27. The molecule has 0 aromatic carbocycles. The maximum atomic E-state index is 11.6. The number of aromatic nitrogens is 3. The lowest BCUT2D eigenvalue weighted by atomic mass is 10.3. The standard InChI is InChI=1S/C8H17N5O2S/c1-7(8-11-10-6-13(8)2)12-16(14,15)5-3-4-9/h6-7,12H,3-5,9H2,1-2H3. The number of nitrogens with two attached hydrogens (primary N) is 1. The van der Waals surface area contributed by atoms with Gasteiger partial charge in [0.2, 0.25) is 10.0 Å². The van der Waals surface area contributed by atoms with Crippen molar-refractivity contribution < 1.29 is 8.42 Å². The van der Waals surface area contributed by atoms with Gasteiger partial charge in [0.05, 0.1) is 11.8 Å². The Morgan fingerprint density at radius 1 is 1.62 bits per heavy atom. The van der Waals surface area contributed by atoms with Crippen LogP contribution in [0.4, 0.5) is 0 Å². The van der Waals surface area contributed by atoms with Gasteiger partial charge in [0.25, 0.3) is 0 Å². The molecule has 0 aliphatic carbocycles. The number of sulfonamides is 1. The molecule has 0 fully saturated rings. The number of aryl methyl sites for hydroxylation is 1. The van der Waals surface area contributed by atoms with Gasteiger partial charge in [-0.1, -0.05) is 0 Å². The fourth-order valence-corrected chi connectivity index (χ4v) is 2.65. The summed E-state index contributed by atoms with van der Waals surface area (Å²) in [6, 6.07) is -0.393. The van der Waals surface area contributed by atoms with E-state index in [1.807, 2.05) is 0 Å². The second kappa shape index (κ2) is 5.37. The van der Waals surface area contributed by atoms with E-state index in [0.717, 1.165) is 0 Å². The van der Waals surface area contributed by atoms with Crippen LogP contribution in [0.1, 0.15) is 25.2 Å². The zero-order chi connectivity index (χ0) is 12.2. The topological polar surface area (TPSA) is 103 Å². The van der Waals surface area contributed by atoms with Crippen LogP contribution in [0.2, 0.25) is 0 Å². The summed E-state index contributed by atoms with van der Waals surface area (Å²) in [6.07, 6.45) is 1.97. The highest BCUT2D eigenvalue weighted by molar-refractivity contribution is 7.89. The molecule has 1 aromatic heterocycles. The molecule has 1 heterocycles. The van der Waals surface area contributed by atoms with E-state index in [9.17, 15) is 8.42 Å². The van der Waals surface area contributed by atoms with Gasteiger partial charge in [0.15, 0.2) is 0 Å². The molecule has 1 rings (SSSR count). The average molecular weight is 247 g/mol. The van der Waals surface area contributed by atoms with Crippen LogP contribution in [0.5, 0.6) is 0 Å². The number of hydrogen-bond acceptors (Lipinski definition) is 5. The molecule has 0 aliphatic rings. The first-order chi connectivity index (χ1) is 7.46. The van der Waals surface area contributed by atoms with Gasteiger partial charge >= 0.3 is 0 Å². The molecule has 16 heavy (non-hydrogen) atoms. The third-order valence-electron chi connectivity index (χ3n) is 2.11. The molecule has 0 bridgehead atoms. The van der Waals surface area contributed by atoms with E-state index in [0.29, 0.717) is 18.8 Å². The maximum Gasteiger partial charge on any atom is 0.212 e. The van der Waals surface area contributed by atoms with Crippen molar-refractivity contribution in [1.82, 2.24) is 19.5 Å². The second-order valence-corrected chi connectivity index (χ2v) is 5.47. The number of nitrogens with one attached hydrogen (secondary N) is 1. The fraction of sp³-hybridized carbons (Fsp3) is 0.750. The predicted octanol–water partition coefficient (Wildman–Crippen LogP) is -0.856. The van der Waals surface area contributed by atoms with Crippen LogP contribution < -0.4 is 10.5 Å². The maximum absolute atomic E-state index is 11.6. The quantitative estimate of drug-likeness (QED) is 0.681. The summed E-state index contributed by atoms with van der Waals surface area (Å²) in [6.45, 7) is 2.09. The molecule has 0 spiro atoms. The third-order valence-corrected chi connectivity index (χ3v) is 3.65. The van der Waals surface area contributed by atoms with Crippen LogP contribution in [0, 0.1) is 0 Å². The van der Waals surface area contributed by atoms with Gasteiger partial charge < -0.3 is 10.3 Å². The molecule has 0 amide bonds. The number of nitrogens with zero attached hydrogens (tertiary/aromatic N) is 3. The van der Waals surface area contributed by atoms with Crippen LogP contribution in [0.3, 0.4) is 0 Å². The zero-order valence-electron chi connectivity index (χ0n) is 9.42. The van der Waals surface area contributed by atoms with E-state index in [-0.39, 0.29) is 5.75 Å². The molecule has 3 N–H and O–H groups in total. The molecular weight excluding hydrogens is 230 g/mol. The Labute approximate surface area is 95.1 Å². The summed E-state index contributed by atoms with van der Waals surface area (Å²) >= 11 is 0. The highest BCUT2D eigenvalue weighted by Crippen LogP contribution is 2.08. The van der Waals surface area contributed by atoms with Gasteiger partial charge in [-0.2, -0.15) is 0 Å². The Morgan fingerprint density at radius 2 is 2.31 bits per heavy atom. The Morgan fingerprint density at radius 3 is 2.81 bits per heavy atom. The highest BCUT2D eigenvalue weighted by atomic mass is 32.2. The van der Waals surface area contributed by atoms with E-state index in [1.165, 1.54) is 6.33 Å². The molecule has 1 unspecified atom stereocenters. The van der Waals surface area contributed by atoms with Crippen LogP contribution in [0.15, 0.2) is 6.33 Å². The van der Waals surface area contributed by atoms with Crippen molar-refractivity contribution in [3.8, 4) is 0 Å². The third kappa shape index (κ3) is 3.54. The van der Waals surface area contributed by atoms with Gasteiger partial charge in [-0.05, 0) is 19.9 Å². The van der Waals surface area contributed by atoms with Crippen molar-refractivity contribution in [2.24, 2.45) is 12.8 Å². The van der Waals surface area contributed by atoms with Crippen molar-refractivity contribution in [2.45, 2.75) is 19.4 Å². The lowest BCUT2D eigenvalue weighted by molar-refractivity contribution is 0.551. The van der Waals surface area contributed by atoms with Gasteiger partial charge in [0.1, 0.15) is 12.2 Å². The molecule has 7 nitrogen and oxygen atoms in total. The Balaban J connectivity index is 2.64. The van der Waals surface area contributed by atoms with Gasteiger partial charge in [-0.25, -0.2) is 13.1 Å². The normalized spacial score (nSPS) is 13.9. The van der Waals surface area contributed by atoms with Crippen LogP contribution in [-0.4, -0.2) is 35.5 Å². The first kappa shape index (κ1) is 13.1. The Kier molecular flexibility index (Phi) is 4.39. The smallest absolute Gasteiger partial charge is 0.212 e. The van der Waals surface area contributed by atoms with Gasteiger partial charge in [-0.3, -0.25) is 0 Å². The van der Waals surface area contributed by atoms with Crippen molar-refractivity contribution in [2.75, 3.05) is 12.3 Å². The monoisotopic (exact) mass is 247 g/mol. The Bertz CT molecular complexity index is 427. The minimum Gasteiger partial charge on any atom is -0.330 e. The van der Waals surface area contributed by atoms with Crippen LogP contribution >= 0.6 is 0 Å². The first-order valence-corrected chi connectivity index (χ1v) is 6.65. The number of rotatable bonds is 6. The van der Waals surface area contributed by atoms with Crippen LogP contribution in [-0.2, 0) is 17.1 Å². The molecule has 0 saturated heterocycles. The molecule has 92 valence electrons. The molecule has 0 aliphatic heterocycles. The van der Waals surface area contributed by atoms with E-state index >= 15 is 0 Å².